The highest BCUT2D eigenvalue weighted by Gasteiger charge is 2.32. The van der Waals surface area contributed by atoms with Gasteiger partial charge in [-0.3, -0.25) is 9.48 Å². The van der Waals surface area contributed by atoms with Gasteiger partial charge in [0.05, 0.1) is 11.7 Å². The average Bonchev–Trinajstić information content (AvgIpc) is 3.41. The summed E-state index contributed by atoms with van der Waals surface area (Å²) in [4.78, 5) is 15.7. The Morgan fingerprint density at radius 3 is 2.33 bits per heavy atom. The molecule has 1 aliphatic rings. The van der Waals surface area contributed by atoms with E-state index in [1.54, 1.807) is 25.1 Å². The summed E-state index contributed by atoms with van der Waals surface area (Å²) >= 11 is 0. The SMILES string of the molecule is Cc1c(C(=O)NCC(F)(F)F)ccc2nn(CC3CCN(NNCc4ccc(Oc5ccc(C(F)(F)F)nc5)cc4)CC3)cc12. The number of rotatable bonds is 10. The number of nitrogens with zero attached hydrogens (tertiary/aromatic N) is 4. The van der Waals surface area contributed by atoms with Crippen LogP contribution in [0.25, 0.3) is 10.9 Å². The van der Waals surface area contributed by atoms with E-state index in [2.05, 4.69) is 26.1 Å². The number of piperidine rings is 1. The molecule has 1 amide bonds. The first-order valence-corrected chi connectivity index (χ1v) is 14.2. The molecule has 0 aliphatic carbocycles. The topological polar surface area (TPSA) is 96.3 Å². The van der Waals surface area contributed by atoms with Crippen molar-refractivity contribution in [3.63, 3.8) is 0 Å². The lowest BCUT2D eigenvalue weighted by molar-refractivity contribution is -0.141. The molecular formula is C30H31F6N7O2. The van der Waals surface area contributed by atoms with Crippen molar-refractivity contribution in [2.24, 2.45) is 5.92 Å². The van der Waals surface area contributed by atoms with Gasteiger partial charge in [-0.15, -0.1) is 0 Å². The van der Waals surface area contributed by atoms with Crippen LogP contribution in [0.4, 0.5) is 26.3 Å². The largest absolute Gasteiger partial charge is 0.456 e. The fourth-order valence-electron chi connectivity index (χ4n) is 5.06. The number of pyridine rings is 1. The predicted octanol–water partition coefficient (Wildman–Crippen LogP) is 5.76. The highest BCUT2D eigenvalue weighted by molar-refractivity contribution is 6.00. The average molecular weight is 636 g/mol. The number of halogens is 6. The second-order valence-corrected chi connectivity index (χ2v) is 10.8. The van der Waals surface area contributed by atoms with E-state index in [9.17, 15) is 31.1 Å². The number of carbonyl (C=O) groups excluding carboxylic acids is 1. The lowest BCUT2D eigenvalue weighted by Gasteiger charge is -2.32. The number of benzene rings is 2. The number of carbonyl (C=O) groups is 1. The summed E-state index contributed by atoms with van der Waals surface area (Å²) in [6.07, 6.45) is -4.27. The Balaban J connectivity index is 1.04. The number of aromatic nitrogens is 3. The Morgan fingerprint density at radius 2 is 1.69 bits per heavy atom. The second-order valence-electron chi connectivity index (χ2n) is 10.8. The number of alkyl halides is 6. The van der Waals surface area contributed by atoms with Crippen molar-refractivity contribution in [1.29, 1.82) is 0 Å². The van der Waals surface area contributed by atoms with E-state index >= 15 is 0 Å². The summed E-state index contributed by atoms with van der Waals surface area (Å²) in [5.74, 6) is 0.284. The molecule has 9 nitrogen and oxygen atoms in total. The summed E-state index contributed by atoms with van der Waals surface area (Å²) in [5, 5.41) is 9.34. The summed E-state index contributed by atoms with van der Waals surface area (Å²) in [6, 6.07) is 12.4. The van der Waals surface area contributed by atoms with Gasteiger partial charge in [0.1, 0.15) is 23.7 Å². The number of hydrogen-bond donors (Lipinski definition) is 3. The molecule has 45 heavy (non-hydrogen) atoms. The summed E-state index contributed by atoms with van der Waals surface area (Å²) in [7, 11) is 0. The Kier molecular flexibility index (Phi) is 9.60. The molecule has 3 N–H and O–H groups in total. The van der Waals surface area contributed by atoms with E-state index in [1.807, 2.05) is 28.3 Å². The number of nitrogens with one attached hydrogen (secondary N) is 3. The standard InChI is InChI=1S/C30H31F6N7O2/c1-19-24(28(44)38-18-29(31,32)33)7-8-26-25(19)17-43(40-26)16-21-10-12-42(13-11-21)41-39-14-20-2-4-22(5-3-20)45-23-6-9-27(37-15-23)30(34,35)36/h2-9,15,17,21,39,41H,10-14,16,18H2,1H3,(H,38,44). The van der Waals surface area contributed by atoms with Gasteiger partial charge in [-0.05, 0) is 73.2 Å². The highest BCUT2D eigenvalue weighted by atomic mass is 19.4. The van der Waals surface area contributed by atoms with E-state index in [0.717, 1.165) is 49.1 Å². The van der Waals surface area contributed by atoms with E-state index in [-0.39, 0.29) is 11.3 Å². The molecule has 1 fully saturated rings. The zero-order chi connectivity index (χ0) is 32.2. The van der Waals surface area contributed by atoms with Crippen LogP contribution >= 0.6 is 0 Å². The normalized spacial score (nSPS) is 15.0. The Labute approximate surface area is 254 Å². The first kappa shape index (κ1) is 32.2. The number of hydrogen-bond acceptors (Lipinski definition) is 7. The van der Waals surface area contributed by atoms with Crippen LogP contribution in [0.2, 0.25) is 0 Å². The fraction of sp³-hybridized carbons (Fsp3) is 0.367. The van der Waals surface area contributed by atoms with Gasteiger partial charge in [-0.2, -0.15) is 37.0 Å². The molecule has 0 saturated carbocycles. The molecule has 1 aliphatic heterocycles. The van der Waals surface area contributed by atoms with Crippen LogP contribution in [0, 0.1) is 12.8 Å². The summed E-state index contributed by atoms with van der Waals surface area (Å²) < 4.78 is 82.9. The molecule has 15 heteroatoms. The number of ether oxygens (including phenoxy) is 1. The molecule has 5 rings (SSSR count). The molecule has 0 bridgehead atoms. The van der Waals surface area contributed by atoms with Crippen LogP contribution in [0.15, 0.2) is 60.9 Å². The maximum absolute atomic E-state index is 12.7. The summed E-state index contributed by atoms with van der Waals surface area (Å²) in [6.45, 7) is 3.13. The smallest absolute Gasteiger partial charge is 0.433 e. The van der Waals surface area contributed by atoms with Gasteiger partial charge in [0.25, 0.3) is 5.91 Å². The zero-order valence-corrected chi connectivity index (χ0v) is 24.2. The quantitative estimate of drug-likeness (QED) is 0.151. The van der Waals surface area contributed by atoms with Crippen molar-refractivity contribution < 1.29 is 35.9 Å². The fourth-order valence-corrected chi connectivity index (χ4v) is 5.06. The van der Waals surface area contributed by atoms with Crippen LogP contribution < -0.4 is 21.0 Å². The Bertz CT molecular complexity index is 1600. The maximum Gasteiger partial charge on any atom is 0.433 e. The molecule has 2 aromatic carbocycles. The van der Waals surface area contributed by atoms with Gasteiger partial charge in [0, 0.05) is 43.3 Å². The van der Waals surface area contributed by atoms with E-state index in [0.29, 0.717) is 35.8 Å². The maximum atomic E-state index is 12.7. The van der Waals surface area contributed by atoms with E-state index < -0.39 is 30.5 Å². The van der Waals surface area contributed by atoms with Gasteiger partial charge in [0.2, 0.25) is 0 Å². The molecule has 4 aromatic rings. The predicted molar refractivity (Wildman–Crippen MR) is 153 cm³/mol. The lowest BCUT2D eigenvalue weighted by Crippen LogP contribution is -2.50. The minimum absolute atomic E-state index is 0.193. The third-order valence-corrected chi connectivity index (χ3v) is 7.48. The summed E-state index contributed by atoms with van der Waals surface area (Å²) in [5.41, 5.74) is 7.85. The third-order valence-electron chi connectivity index (χ3n) is 7.48. The van der Waals surface area contributed by atoms with Gasteiger partial charge in [-0.1, -0.05) is 12.1 Å². The zero-order valence-electron chi connectivity index (χ0n) is 24.2. The molecule has 0 unspecified atom stereocenters. The van der Waals surface area contributed by atoms with Gasteiger partial charge in [0.15, 0.2) is 0 Å². The molecule has 3 heterocycles. The minimum atomic E-state index is -4.50. The van der Waals surface area contributed by atoms with Crippen molar-refractivity contribution in [2.75, 3.05) is 19.6 Å². The molecule has 1 saturated heterocycles. The first-order chi connectivity index (χ1) is 21.3. The van der Waals surface area contributed by atoms with Gasteiger partial charge in [-0.25, -0.2) is 15.4 Å². The minimum Gasteiger partial charge on any atom is -0.456 e. The van der Waals surface area contributed by atoms with Crippen molar-refractivity contribution >= 4 is 16.8 Å². The third kappa shape index (κ3) is 8.71. The van der Waals surface area contributed by atoms with Crippen LogP contribution in [-0.4, -0.2) is 51.5 Å². The molecule has 2 aromatic heterocycles. The monoisotopic (exact) mass is 635 g/mol. The molecule has 0 radical (unpaired) electrons. The molecule has 0 atom stereocenters. The molecule has 240 valence electrons. The number of hydrazine groups is 2. The second kappa shape index (κ2) is 13.4. The number of aryl methyl sites for hydroxylation is 1. The van der Waals surface area contributed by atoms with Gasteiger partial charge >= 0.3 is 12.4 Å². The lowest BCUT2D eigenvalue weighted by atomic mass is 9.98. The number of fused-ring (bicyclic) bond motifs is 1. The van der Waals surface area contributed by atoms with E-state index in [1.165, 1.54) is 12.1 Å². The van der Waals surface area contributed by atoms with Crippen molar-refractivity contribution in [2.45, 2.75) is 45.2 Å². The van der Waals surface area contributed by atoms with Crippen molar-refractivity contribution in [3.05, 3.63) is 83.3 Å². The Morgan fingerprint density at radius 1 is 0.978 bits per heavy atom. The van der Waals surface area contributed by atoms with Crippen molar-refractivity contribution in [1.82, 2.24) is 36.1 Å². The van der Waals surface area contributed by atoms with Crippen molar-refractivity contribution in [3.8, 4) is 11.5 Å². The van der Waals surface area contributed by atoms with Crippen LogP contribution in [-0.2, 0) is 19.3 Å². The number of amides is 1. The van der Waals surface area contributed by atoms with E-state index in [4.69, 9.17) is 4.74 Å². The molecule has 0 spiro atoms. The first-order valence-electron chi connectivity index (χ1n) is 14.2. The van der Waals surface area contributed by atoms with Gasteiger partial charge < -0.3 is 10.1 Å². The highest BCUT2D eigenvalue weighted by Crippen LogP contribution is 2.29. The Hall–Kier alpha value is -4.21. The molecular weight excluding hydrogens is 604 g/mol. The van der Waals surface area contributed by atoms with Crippen LogP contribution in [0.1, 0.15) is 40.0 Å². The van der Waals surface area contributed by atoms with Crippen LogP contribution in [0.5, 0.6) is 11.5 Å². The van der Waals surface area contributed by atoms with Crippen LogP contribution in [0.3, 0.4) is 0 Å².